The molecule has 0 saturated heterocycles. The monoisotopic (exact) mass is 216 g/mol. The molecule has 0 radical (unpaired) electrons. The fraction of sp³-hybridized carbons (Fsp3) is 0.625. The normalized spacial score (nSPS) is 12.9. The van der Waals surface area contributed by atoms with Crippen molar-refractivity contribution in [2.45, 2.75) is 19.2 Å². The predicted octanol–water partition coefficient (Wildman–Crippen LogP) is 0.798. The number of alkyl halides is 1. The minimum absolute atomic E-state index is 0.0640. The molecule has 5 nitrogen and oxygen atoms in total. The molecule has 0 aromatic carbocycles. The lowest BCUT2D eigenvalue weighted by molar-refractivity contribution is 0.0947. The number of halogens is 1. The summed E-state index contributed by atoms with van der Waals surface area (Å²) in [5, 5.41) is 12.2. The first-order chi connectivity index (χ1) is 6.61. The highest BCUT2D eigenvalue weighted by Gasteiger charge is 2.13. The van der Waals surface area contributed by atoms with Crippen molar-refractivity contribution in [3.8, 4) is 0 Å². The van der Waals surface area contributed by atoms with Gasteiger partial charge in [-0.2, -0.15) is 15.4 Å². The first kappa shape index (κ1) is 11.0. The van der Waals surface area contributed by atoms with Gasteiger partial charge in [0.15, 0.2) is 5.69 Å². The van der Waals surface area contributed by atoms with Gasteiger partial charge in [0.2, 0.25) is 0 Å². The number of amides is 1. The number of rotatable bonds is 4. The van der Waals surface area contributed by atoms with Crippen LogP contribution in [0.25, 0.3) is 0 Å². The number of H-pyrrole nitrogens is 1. The van der Waals surface area contributed by atoms with E-state index < -0.39 is 0 Å². The first-order valence-corrected chi connectivity index (χ1v) is 4.83. The van der Waals surface area contributed by atoms with Crippen LogP contribution >= 0.6 is 11.6 Å². The molecule has 78 valence electrons. The fourth-order valence-electron chi connectivity index (χ4n) is 0.827. The zero-order chi connectivity index (χ0) is 10.6. The van der Waals surface area contributed by atoms with Gasteiger partial charge in [0, 0.05) is 6.54 Å². The summed E-state index contributed by atoms with van der Waals surface area (Å²) in [5.41, 5.74) is 0.276. The van der Waals surface area contributed by atoms with Crippen LogP contribution < -0.4 is 5.32 Å². The smallest absolute Gasteiger partial charge is 0.273 e. The number of hydrogen-bond acceptors (Lipinski definition) is 3. The van der Waals surface area contributed by atoms with E-state index in [4.69, 9.17) is 11.6 Å². The molecule has 6 heteroatoms. The first-order valence-electron chi connectivity index (χ1n) is 4.39. The minimum atomic E-state index is -0.259. The van der Waals surface area contributed by atoms with Crippen LogP contribution in [0, 0.1) is 5.92 Å². The molecule has 0 aliphatic carbocycles. The van der Waals surface area contributed by atoms with Gasteiger partial charge in [0.25, 0.3) is 5.91 Å². The highest BCUT2D eigenvalue weighted by Crippen LogP contribution is 2.07. The molecule has 1 aromatic heterocycles. The summed E-state index contributed by atoms with van der Waals surface area (Å²) in [6, 6.07) is 0. The summed E-state index contributed by atoms with van der Waals surface area (Å²) in [6.45, 7) is 4.44. The lowest BCUT2D eigenvalue weighted by Crippen LogP contribution is -2.32. The van der Waals surface area contributed by atoms with Crippen molar-refractivity contribution >= 4 is 17.5 Å². The predicted molar refractivity (Wildman–Crippen MR) is 53.2 cm³/mol. The third kappa shape index (κ3) is 2.99. The molecule has 2 N–H and O–H groups in total. The number of aromatic nitrogens is 3. The van der Waals surface area contributed by atoms with Crippen LogP contribution in [0.2, 0.25) is 0 Å². The molecular formula is C8H13ClN4O. The molecule has 1 atom stereocenters. The molecule has 0 saturated carbocycles. The number of nitrogens with one attached hydrogen (secondary N) is 2. The average molecular weight is 217 g/mol. The molecule has 1 heterocycles. The Morgan fingerprint density at radius 2 is 2.43 bits per heavy atom. The number of carbonyl (C=O) groups excluding carboxylic acids is 1. The second-order valence-electron chi connectivity index (χ2n) is 3.33. The van der Waals surface area contributed by atoms with Gasteiger partial charge in [-0.25, -0.2) is 0 Å². The van der Waals surface area contributed by atoms with Crippen molar-refractivity contribution < 1.29 is 4.79 Å². The topological polar surface area (TPSA) is 70.7 Å². The summed E-state index contributed by atoms with van der Waals surface area (Å²) in [5.74, 6) is 0.0688. The van der Waals surface area contributed by atoms with E-state index in [0.29, 0.717) is 12.5 Å². The summed E-state index contributed by atoms with van der Waals surface area (Å²) in [6.07, 6.45) is 1.37. The van der Waals surface area contributed by atoms with Crippen molar-refractivity contribution in [3.63, 3.8) is 0 Å². The molecule has 0 aliphatic heterocycles. The van der Waals surface area contributed by atoms with E-state index in [9.17, 15) is 4.79 Å². The Balaban J connectivity index is 2.36. The zero-order valence-corrected chi connectivity index (χ0v) is 8.88. The fourth-order valence-corrected chi connectivity index (χ4v) is 0.905. The van der Waals surface area contributed by atoms with Gasteiger partial charge in [0.1, 0.15) is 0 Å². The number of nitrogens with zero attached hydrogens (tertiary/aromatic N) is 2. The lowest BCUT2D eigenvalue weighted by Gasteiger charge is -2.13. The Hall–Kier alpha value is -1.10. The Kier molecular flexibility index (Phi) is 3.88. The molecule has 0 fully saturated rings. The van der Waals surface area contributed by atoms with E-state index in [2.05, 4.69) is 20.7 Å². The van der Waals surface area contributed by atoms with Crippen LogP contribution in [-0.4, -0.2) is 33.2 Å². The van der Waals surface area contributed by atoms with Crippen LogP contribution in [0.5, 0.6) is 0 Å². The van der Waals surface area contributed by atoms with Crippen molar-refractivity contribution in [1.82, 2.24) is 20.7 Å². The van der Waals surface area contributed by atoms with Gasteiger partial charge in [-0.3, -0.25) is 4.79 Å². The minimum Gasteiger partial charge on any atom is -0.349 e. The second-order valence-corrected chi connectivity index (χ2v) is 3.89. The van der Waals surface area contributed by atoms with Crippen molar-refractivity contribution in [2.24, 2.45) is 5.92 Å². The van der Waals surface area contributed by atoms with Crippen molar-refractivity contribution in [1.29, 1.82) is 0 Å². The van der Waals surface area contributed by atoms with Crippen LogP contribution in [0.4, 0.5) is 0 Å². The van der Waals surface area contributed by atoms with Gasteiger partial charge in [-0.1, -0.05) is 13.8 Å². The van der Waals surface area contributed by atoms with Gasteiger partial charge in [-0.15, -0.1) is 11.6 Å². The van der Waals surface area contributed by atoms with Gasteiger partial charge in [0.05, 0.1) is 11.6 Å². The van der Waals surface area contributed by atoms with E-state index >= 15 is 0 Å². The van der Waals surface area contributed by atoms with E-state index in [1.165, 1.54) is 6.20 Å². The maximum absolute atomic E-state index is 11.3. The molecule has 1 unspecified atom stereocenters. The number of carbonyl (C=O) groups is 1. The molecule has 1 rings (SSSR count). The van der Waals surface area contributed by atoms with Gasteiger partial charge >= 0.3 is 0 Å². The van der Waals surface area contributed by atoms with E-state index in [0.717, 1.165) is 0 Å². The maximum atomic E-state index is 11.3. The Morgan fingerprint density at radius 1 is 1.71 bits per heavy atom. The maximum Gasteiger partial charge on any atom is 0.273 e. The van der Waals surface area contributed by atoms with Crippen LogP contribution in [-0.2, 0) is 0 Å². The number of aromatic amines is 1. The Morgan fingerprint density at radius 3 is 2.93 bits per heavy atom. The van der Waals surface area contributed by atoms with Crippen LogP contribution in [0.1, 0.15) is 24.3 Å². The molecule has 0 bridgehead atoms. The standard InChI is InChI=1S/C8H13ClN4O/c1-5(2)6(9)3-10-8(14)7-4-11-13-12-7/h4-6H,3H2,1-2H3,(H,10,14)(H,11,12,13). The molecule has 0 aliphatic rings. The Labute approximate surface area is 87.2 Å². The van der Waals surface area contributed by atoms with Crippen LogP contribution in [0.3, 0.4) is 0 Å². The third-order valence-corrected chi connectivity index (χ3v) is 2.49. The molecule has 14 heavy (non-hydrogen) atoms. The summed E-state index contributed by atoms with van der Waals surface area (Å²) in [7, 11) is 0. The Bertz CT molecular complexity index is 286. The van der Waals surface area contributed by atoms with Crippen molar-refractivity contribution in [3.05, 3.63) is 11.9 Å². The molecule has 0 spiro atoms. The van der Waals surface area contributed by atoms with Gasteiger partial charge in [-0.05, 0) is 5.92 Å². The third-order valence-electron chi connectivity index (χ3n) is 1.83. The van der Waals surface area contributed by atoms with E-state index in [-0.39, 0.29) is 17.0 Å². The van der Waals surface area contributed by atoms with Crippen molar-refractivity contribution in [2.75, 3.05) is 6.54 Å². The number of hydrogen-bond donors (Lipinski definition) is 2. The average Bonchev–Trinajstić information content (AvgIpc) is 2.66. The van der Waals surface area contributed by atoms with Crippen LogP contribution in [0.15, 0.2) is 6.20 Å². The largest absolute Gasteiger partial charge is 0.349 e. The SMILES string of the molecule is CC(C)C(Cl)CNC(=O)c1cn[nH]n1. The lowest BCUT2D eigenvalue weighted by atomic mass is 10.1. The summed E-state index contributed by atoms with van der Waals surface area (Å²) < 4.78 is 0. The molecule has 1 aromatic rings. The second kappa shape index (κ2) is 4.95. The zero-order valence-electron chi connectivity index (χ0n) is 8.12. The van der Waals surface area contributed by atoms with Gasteiger partial charge < -0.3 is 5.32 Å². The summed E-state index contributed by atoms with van der Waals surface area (Å²) >= 11 is 5.96. The van der Waals surface area contributed by atoms with E-state index in [1.54, 1.807) is 0 Å². The quantitative estimate of drug-likeness (QED) is 0.732. The molecule has 1 amide bonds. The highest BCUT2D eigenvalue weighted by molar-refractivity contribution is 6.21. The van der Waals surface area contributed by atoms with E-state index in [1.807, 2.05) is 13.8 Å². The highest BCUT2D eigenvalue weighted by atomic mass is 35.5. The summed E-state index contributed by atoms with van der Waals surface area (Å²) in [4.78, 5) is 11.3. The molecular weight excluding hydrogens is 204 g/mol.